The number of primary amides is 1. The average Bonchev–Trinajstić information content (AvgIpc) is 2.25. The zero-order valence-corrected chi connectivity index (χ0v) is 9.74. The average molecular weight is 237 g/mol. The van der Waals surface area contributed by atoms with Gasteiger partial charge in [-0.3, -0.25) is 10.1 Å². The summed E-state index contributed by atoms with van der Waals surface area (Å²) >= 11 is 0. The maximum Gasteiger partial charge on any atom is 0.318 e. The highest BCUT2D eigenvalue weighted by Crippen LogP contribution is 2.20. The van der Waals surface area contributed by atoms with Gasteiger partial charge >= 0.3 is 6.03 Å². The van der Waals surface area contributed by atoms with Gasteiger partial charge in [0.1, 0.15) is 5.75 Å². The monoisotopic (exact) mass is 237 g/mol. The van der Waals surface area contributed by atoms with Crippen molar-refractivity contribution in [2.45, 2.75) is 6.92 Å². The molecule has 0 spiro atoms. The first-order chi connectivity index (χ1) is 8.02. The molecule has 0 saturated heterocycles. The van der Waals surface area contributed by atoms with Crippen molar-refractivity contribution in [1.82, 2.24) is 5.32 Å². The van der Waals surface area contributed by atoms with Crippen molar-refractivity contribution in [3.8, 4) is 5.75 Å². The number of hydrogen-bond donors (Lipinski definition) is 3. The minimum absolute atomic E-state index is 0.0191. The van der Waals surface area contributed by atoms with Gasteiger partial charge in [0, 0.05) is 5.69 Å². The van der Waals surface area contributed by atoms with Crippen molar-refractivity contribution in [3.05, 3.63) is 23.8 Å². The molecule has 3 amide bonds. The van der Waals surface area contributed by atoms with Gasteiger partial charge in [-0.05, 0) is 30.7 Å². The van der Waals surface area contributed by atoms with Crippen molar-refractivity contribution < 1.29 is 14.3 Å². The highest BCUT2D eigenvalue weighted by molar-refractivity contribution is 5.95. The molecule has 92 valence electrons. The molecule has 0 aromatic heterocycles. The molecule has 0 saturated carbocycles. The van der Waals surface area contributed by atoms with E-state index in [1.807, 2.05) is 18.3 Å². The largest absolute Gasteiger partial charge is 0.496 e. The second kappa shape index (κ2) is 5.74. The van der Waals surface area contributed by atoms with Gasteiger partial charge in [0.25, 0.3) is 0 Å². The summed E-state index contributed by atoms with van der Waals surface area (Å²) in [6.07, 6.45) is 0. The van der Waals surface area contributed by atoms with E-state index in [4.69, 9.17) is 10.5 Å². The fourth-order valence-corrected chi connectivity index (χ4v) is 1.35. The van der Waals surface area contributed by atoms with Gasteiger partial charge in [-0.2, -0.15) is 0 Å². The topological polar surface area (TPSA) is 93.4 Å². The maximum absolute atomic E-state index is 11.1. The van der Waals surface area contributed by atoms with Crippen LogP contribution in [0, 0.1) is 6.92 Å². The normalized spacial score (nSPS) is 9.53. The number of carbonyl (C=O) groups is 2. The SMILES string of the molecule is COc1ccc(NCC(=O)NC(N)=O)cc1C. The molecule has 1 aromatic carbocycles. The molecule has 4 N–H and O–H groups in total. The highest BCUT2D eigenvalue weighted by Gasteiger charge is 2.04. The van der Waals surface area contributed by atoms with Crippen LogP contribution in [0.4, 0.5) is 10.5 Å². The number of rotatable bonds is 4. The lowest BCUT2D eigenvalue weighted by Gasteiger charge is -2.09. The summed E-state index contributed by atoms with van der Waals surface area (Å²) in [5, 5.41) is 4.83. The van der Waals surface area contributed by atoms with Crippen LogP contribution < -0.4 is 21.1 Å². The third-order valence-electron chi connectivity index (χ3n) is 2.11. The number of imide groups is 1. The van der Waals surface area contributed by atoms with E-state index >= 15 is 0 Å². The summed E-state index contributed by atoms with van der Waals surface area (Å²) in [6, 6.07) is 4.56. The smallest absolute Gasteiger partial charge is 0.318 e. The van der Waals surface area contributed by atoms with E-state index in [0.717, 1.165) is 17.0 Å². The molecule has 0 heterocycles. The number of carbonyl (C=O) groups excluding carboxylic acids is 2. The van der Waals surface area contributed by atoms with E-state index in [9.17, 15) is 9.59 Å². The molecule has 6 nitrogen and oxygen atoms in total. The second-order valence-electron chi connectivity index (χ2n) is 3.45. The minimum atomic E-state index is -0.859. The third kappa shape index (κ3) is 4.02. The molecule has 17 heavy (non-hydrogen) atoms. The molecular weight excluding hydrogens is 222 g/mol. The van der Waals surface area contributed by atoms with Crippen molar-refractivity contribution in [3.63, 3.8) is 0 Å². The molecule has 6 heteroatoms. The lowest BCUT2D eigenvalue weighted by atomic mass is 10.2. The quantitative estimate of drug-likeness (QED) is 0.715. The van der Waals surface area contributed by atoms with Gasteiger partial charge in [-0.1, -0.05) is 0 Å². The molecule has 1 aromatic rings. The number of ether oxygens (including phenoxy) is 1. The van der Waals surface area contributed by atoms with Crippen molar-refractivity contribution in [2.75, 3.05) is 19.0 Å². The third-order valence-corrected chi connectivity index (χ3v) is 2.11. The number of aryl methyl sites for hydroxylation is 1. The summed E-state index contributed by atoms with van der Waals surface area (Å²) in [5.74, 6) is 0.295. The fourth-order valence-electron chi connectivity index (χ4n) is 1.35. The van der Waals surface area contributed by atoms with Crippen LogP contribution in [-0.2, 0) is 4.79 Å². The first-order valence-electron chi connectivity index (χ1n) is 5.00. The van der Waals surface area contributed by atoms with E-state index in [0.29, 0.717) is 0 Å². The van der Waals surface area contributed by atoms with Crippen LogP contribution >= 0.6 is 0 Å². The van der Waals surface area contributed by atoms with Crippen LogP contribution in [0.2, 0.25) is 0 Å². The summed E-state index contributed by atoms with van der Waals surface area (Å²) in [5.41, 5.74) is 6.53. The number of benzene rings is 1. The molecule has 0 aliphatic heterocycles. The molecule has 0 aliphatic carbocycles. The van der Waals surface area contributed by atoms with E-state index in [-0.39, 0.29) is 6.54 Å². The zero-order chi connectivity index (χ0) is 12.8. The van der Waals surface area contributed by atoms with Crippen LogP contribution in [0.25, 0.3) is 0 Å². The molecular formula is C11H15N3O3. The zero-order valence-electron chi connectivity index (χ0n) is 9.74. The fraction of sp³-hybridized carbons (Fsp3) is 0.273. The van der Waals surface area contributed by atoms with Crippen molar-refractivity contribution in [1.29, 1.82) is 0 Å². The Labute approximate surface area is 99.1 Å². The molecule has 1 rings (SSSR count). The first-order valence-corrected chi connectivity index (χ1v) is 5.00. The number of nitrogens with two attached hydrogens (primary N) is 1. The van der Waals surface area contributed by atoms with Gasteiger partial charge in [0.15, 0.2) is 0 Å². The number of hydrogen-bond acceptors (Lipinski definition) is 4. The van der Waals surface area contributed by atoms with Gasteiger partial charge in [-0.25, -0.2) is 4.79 Å². The van der Waals surface area contributed by atoms with Crippen molar-refractivity contribution in [2.24, 2.45) is 5.73 Å². The van der Waals surface area contributed by atoms with Gasteiger partial charge in [-0.15, -0.1) is 0 Å². The Bertz CT molecular complexity index is 432. The minimum Gasteiger partial charge on any atom is -0.496 e. The predicted octanol–water partition coefficient (Wildman–Crippen LogP) is 0.610. The summed E-state index contributed by atoms with van der Waals surface area (Å²) in [6.45, 7) is 1.88. The molecule has 0 bridgehead atoms. The van der Waals surface area contributed by atoms with Crippen LogP contribution in [0.1, 0.15) is 5.56 Å². The van der Waals surface area contributed by atoms with Gasteiger partial charge in [0.2, 0.25) is 5.91 Å². The van der Waals surface area contributed by atoms with Crippen LogP contribution in [0.3, 0.4) is 0 Å². The number of nitrogens with one attached hydrogen (secondary N) is 2. The summed E-state index contributed by atoms with van der Waals surface area (Å²) in [7, 11) is 1.59. The van der Waals surface area contributed by atoms with E-state index in [1.165, 1.54) is 0 Å². The van der Waals surface area contributed by atoms with Gasteiger partial charge < -0.3 is 15.8 Å². The van der Waals surface area contributed by atoms with E-state index < -0.39 is 11.9 Å². The van der Waals surface area contributed by atoms with Crippen LogP contribution in [0.5, 0.6) is 5.75 Å². The summed E-state index contributed by atoms with van der Waals surface area (Å²) < 4.78 is 5.11. The molecule has 0 aliphatic rings. The second-order valence-corrected chi connectivity index (χ2v) is 3.45. The molecule has 0 fully saturated rings. The Morgan fingerprint density at radius 1 is 1.41 bits per heavy atom. The van der Waals surface area contributed by atoms with Crippen molar-refractivity contribution >= 4 is 17.6 Å². The Morgan fingerprint density at radius 3 is 2.65 bits per heavy atom. The van der Waals surface area contributed by atoms with Gasteiger partial charge in [0.05, 0.1) is 13.7 Å². The molecule has 0 radical (unpaired) electrons. The van der Waals surface area contributed by atoms with Crippen LogP contribution in [-0.4, -0.2) is 25.6 Å². The number of urea groups is 1. The van der Waals surface area contributed by atoms with Crippen LogP contribution in [0.15, 0.2) is 18.2 Å². The first kappa shape index (κ1) is 12.8. The van der Waals surface area contributed by atoms with E-state index in [2.05, 4.69) is 5.32 Å². The molecule has 0 unspecified atom stereocenters. The number of amides is 3. The molecule has 0 atom stereocenters. The number of methoxy groups -OCH3 is 1. The predicted molar refractivity (Wildman–Crippen MR) is 63.9 cm³/mol. The maximum atomic E-state index is 11.1. The highest BCUT2D eigenvalue weighted by atomic mass is 16.5. The lowest BCUT2D eigenvalue weighted by molar-refractivity contribution is -0.118. The Balaban J connectivity index is 2.55. The Morgan fingerprint density at radius 2 is 2.12 bits per heavy atom. The standard InChI is InChI=1S/C11H15N3O3/c1-7-5-8(3-4-9(7)17-2)13-6-10(15)14-11(12)16/h3-5,13H,6H2,1-2H3,(H3,12,14,15,16). The number of anilines is 1. The lowest BCUT2D eigenvalue weighted by Crippen LogP contribution is -2.38. The summed E-state index contributed by atoms with van der Waals surface area (Å²) in [4.78, 5) is 21.5. The van der Waals surface area contributed by atoms with E-state index in [1.54, 1.807) is 19.2 Å². The Hall–Kier alpha value is -2.24. The Kier molecular flexibility index (Phi) is 4.33.